The second kappa shape index (κ2) is 6.39. The minimum Gasteiger partial charge on any atom is -0.481 e. The predicted octanol–water partition coefficient (Wildman–Crippen LogP) is 1.19. The number of aromatic nitrogens is 2. The molecule has 2 heterocycles. The molecule has 0 spiro atoms. The molecule has 0 fully saturated rings. The number of anilines is 1. The van der Waals surface area contributed by atoms with Gasteiger partial charge in [-0.3, -0.25) is 19.1 Å². The van der Waals surface area contributed by atoms with E-state index in [1.54, 1.807) is 24.3 Å². The Bertz CT molecular complexity index is 1300. The molecule has 0 bridgehead atoms. The Balaban J connectivity index is 2.04. The Morgan fingerprint density at radius 3 is 2.68 bits per heavy atom. The third-order valence-corrected chi connectivity index (χ3v) is 4.64. The van der Waals surface area contributed by atoms with E-state index in [-0.39, 0.29) is 35.7 Å². The molecule has 8 heteroatoms. The molecule has 0 unspecified atom stereocenters. The van der Waals surface area contributed by atoms with Crippen molar-refractivity contribution in [2.24, 2.45) is 7.05 Å². The number of fused-ring (bicyclic) bond motifs is 2. The van der Waals surface area contributed by atoms with Gasteiger partial charge < -0.3 is 4.74 Å². The lowest BCUT2D eigenvalue weighted by Gasteiger charge is -2.28. The van der Waals surface area contributed by atoms with E-state index in [1.807, 2.05) is 0 Å². The molecular formula is C20H14FN3O4. The summed E-state index contributed by atoms with van der Waals surface area (Å²) in [5.74, 6) is 1.24. The van der Waals surface area contributed by atoms with Gasteiger partial charge >= 0.3 is 5.69 Å². The first kappa shape index (κ1) is 17.5. The van der Waals surface area contributed by atoms with Crippen molar-refractivity contribution in [3.05, 3.63) is 63.1 Å². The van der Waals surface area contributed by atoms with Gasteiger partial charge in [-0.15, -0.1) is 6.42 Å². The first-order chi connectivity index (χ1) is 13.4. The molecule has 0 saturated carbocycles. The Hall–Kier alpha value is -3.86. The monoisotopic (exact) mass is 379 g/mol. The van der Waals surface area contributed by atoms with E-state index in [2.05, 4.69) is 5.92 Å². The average molecular weight is 379 g/mol. The van der Waals surface area contributed by atoms with Gasteiger partial charge in [-0.05, 0) is 18.2 Å². The second-order valence-corrected chi connectivity index (χ2v) is 6.24. The molecule has 0 radical (unpaired) electrons. The van der Waals surface area contributed by atoms with Gasteiger partial charge in [0.25, 0.3) is 11.5 Å². The summed E-state index contributed by atoms with van der Waals surface area (Å²) in [6.07, 6.45) is 5.32. The minimum atomic E-state index is -0.830. The minimum absolute atomic E-state index is 0.0507. The van der Waals surface area contributed by atoms with Crippen LogP contribution in [0, 0.1) is 18.2 Å². The highest BCUT2D eigenvalue weighted by molar-refractivity contribution is 5.98. The largest absolute Gasteiger partial charge is 0.481 e. The van der Waals surface area contributed by atoms with E-state index >= 15 is 0 Å². The Labute approximate surface area is 158 Å². The number of hydrogen-bond donors (Lipinski definition) is 0. The number of terminal acetylenes is 1. The molecular weight excluding hydrogens is 365 g/mol. The van der Waals surface area contributed by atoms with Crippen molar-refractivity contribution in [2.45, 2.75) is 0 Å². The van der Waals surface area contributed by atoms with Crippen LogP contribution in [0.5, 0.6) is 5.75 Å². The van der Waals surface area contributed by atoms with Crippen molar-refractivity contribution < 1.29 is 13.9 Å². The summed E-state index contributed by atoms with van der Waals surface area (Å²) in [5, 5.41) is 0.259. The van der Waals surface area contributed by atoms with E-state index in [9.17, 15) is 18.8 Å². The first-order valence-corrected chi connectivity index (χ1v) is 8.35. The molecule has 7 nitrogen and oxygen atoms in total. The molecule has 1 aromatic heterocycles. The number of carbonyl (C=O) groups excluding carboxylic acids is 1. The smallest absolute Gasteiger partial charge is 0.335 e. The molecule has 0 N–H and O–H groups in total. The Morgan fingerprint density at radius 2 is 1.93 bits per heavy atom. The van der Waals surface area contributed by atoms with Crippen molar-refractivity contribution in [2.75, 3.05) is 18.1 Å². The molecule has 0 saturated heterocycles. The molecule has 4 rings (SSSR count). The summed E-state index contributed by atoms with van der Waals surface area (Å²) >= 11 is 0. The topological polar surface area (TPSA) is 73.5 Å². The molecule has 28 heavy (non-hydrogen) atoms. The van der Waals surface area contributed by atoms with Crippen molar-refractivity contribution in [3.63, 3.8) is 0 Å². The van der Waals surface area contributed by atoms with Crippen LogP contribution in [-0.2, 0) is 11.8 Å². The standard InChI is InChI=1S/C20H14FN3O4/c1-3-8-23-16-10-15(13(21)9-17(16)28-11-18(23)25)24-19(26)12-6-4-5-7-14(12)22(2)20(24)27/h1,4-7,9-10H,8,11H2,2H3. The number of carbonyl (C=O) groups is 1. The number of rotatable bonds is 2. The normalized spacial score (nSPS) is 13.2. The van der Waals surface area contributed by atoms with Crippen molar-refractivity contribution >= 4 is 22.5 Å². The van der Waals surface area contributed by atoms with E-state index in [0.29, 0.717) is 5.52 Å². The van der Waals surface area contributed by atoms with Gasteiger partial charge in [-0.2, -0.15) is 0 Å². The predicted molar refractivity (Wildman–Crippen MR) is 101 cm³/mol. The second-order valence-electron chi connectivity index (χ2n) is 6.24. The summed E-state index contributed by atoms with van der Waals surface area (Å²) in [6.45, 7) is -0.323. The Morgan fingerprint density at radius 1 is 1.18 bits per heavy atom. The first-order valence-electron chi connectivity index (χ1n) is 8.35. The number of para-hydroxylation sites is 1. The van der Waals surface area contributed by atoms with E-state index in [0.717, 1.165) is 10.6 Å². The van der Waals surface area contributed by atoms with Crippen LogP contribution < -0.4 is 20.9 Å². The van der Waals surface area contributed by atoms with Crippen molar-refractivity contribution in [1.29, 1.82) is 0 Å². The average Bonchev–Trinajstić information content (AvgIpc) is 2.69. The van der Waals surface area contributed by atoms with Crippen molar-refractivity contribution in [3.8, 4) is 23.8 Å². The van der Waals surface area contributed by atoms with Crippen molar-refractivity contribution in [1.82, 2.24) is 9.13 Å². The van der Waals surface area contributed by atoms with Gasteiger partial charge in [0.05, 0.1) is 28.8 Å². The number of amides is 1. The van der Waals surface area contributed by atoms with E-state index < -0.39 is 23.0 Å². The van der Waals surface area contributed by atoms with Crippen LogP contribution in [0.15, 0.2) is 46.0 Å². The van der Waals surface area contributed by atoms with Crippen LogP contribution in [0.2, 0.25) is 0 Å². The third kappa shape index (κ3) is 2.48. The number of benzene rings is 2. The highest BCUT2D eigenvalue weighted by atomic mass is 19.1. The van der Waals surface area contributed by atoms with Crippen LogP contribution in [-0.4, -0.2) is 28.2 Å². The number of ether oxygens (including phenoxy) is 1. The fourth-order valence-electron chi connectivity index (χ4n) is 3.27. The molecule has 1 aliphatic heterocycles. The molecule has 2 aromatic carbocycles. The highest BCUT2D eigenvalue weighted by Gasteiger charge is 2.28. The molecule has 1 amide bonds. The van der Waals surface area contributed by atoms with E-state index in [4.69, 9.17) is 11.2 Å². The summed E-state index contributed by atoms with van der Waals surface area (Å²) in [6, 6.07) is 8.82. The lowest BCUT2D eigenvalue weighted by Crippen LogP contribution is -2.40. The summed E-state index contributed by atoms with van der Waals surface area (Å²) < 4.78 is 22.1. The fourth-order valence-corrected chi connectivity index (χ4v) is 3.27. The third-order valence-electron chi connectivity index (χ3n) is 4.64. The van der Waals surface area contributed by atoms with Crippen LogP contribution in [0.4, 0.5) is 10.1 Å². The lowest BCUT2D eigenvalue weighted by molar-refractivity contribution is -0.121. The van der Waals surface area contributed by atoms with Crippen LogP contribution in [0.3, 0.4) is 0 Å². The van der Waals surface area contributed by atoms with Gasteiger partial charge in [0.2, 0.25) is 0 Å². The van der Waals surface area contributed by atoms with Crippen LogP contribution in [0.1, 0.15) is 0 Å². The van der Waals surface area contributed by atoms with Crippen LogP contribution in [0.25, 0.3) is 16.6 Å². The van der Waals surface area contributed by atoms with E-state index in [1.165, 1.54) is 22.6 Å². The van der Waals surface area contributed by atoms with Gasteiger partial charge in [-0.25, -0.2) is 13.8 Å². The molecule has 1 aliphatic rings. The highest BCUT2D eigenvalue weighted by Crippen LogP contribution is 2.35. The van der Waals surface area contributed by atoms with Gasteiger partial charge in [0.15, 0.2) is 12.4 Å². The van der Waals surface area contributed by atoms with Crippen LogP contribution >= 0.6 is 0 Å². The Kier molecular flexibility index (Phi) is 4.00. The number of aryl methyl sites for hydroxylation is 1. The van der Waals surface area contributed by atoms with Gasteiger partial charge in [-0.1, -0.05) is 18.1 Å². The molecule has 140 valence electrons. The van der Waals surface area contributed by atoms with Gasteiger partial charge in [0, 0.05) is 13.1 Å². The number of halogens is 1. The number of nitrogens with zero attached hydrogens (tertiary/aromatic N) is 3. The summed E-state index contributed by atoms with van der Waals surface area (Å²) in [5.41, 5.74) is -1.03. The zero-order chi connectivity index (χ0) is 20.0. The molecule has 0 atom stereocenters. The molecule has 3 aromatic rings. The maximum atomic E-state index is 14.8. The summed E-state index contributed by atoms with van der Waals surface area (Å²) in [7, 11) is 1.49. The maximum absolute atomic E-state index is 14.8. The fraction of sp³-hybridized carbons (Fsp3) is 0.150. The van der Waals surface area contributed by atoms with Gasteiger partial charge in [0.1, 0.15) is 5.75 Å². The zero-order valence-electron chi connectivity index (χ0n) is 14.8. The number of hydrogen-bond acceptors (Lipinski definition) is 4. The zero-order valence-corrected chi connectivity index (χ0v) is 14.8. The SMILES string of the molecule is C#CCN1C(=O)COc2cc(F)c(-n3c(=O)c4ccccc4n(C)c3=O)cc21. The quantitative estimate of drug-likeness (QED) is 0.627. The summed E-state index contributed by atoms with van der Waals surface area (Å²) in [4.78, 5) is 39.1. The lowest BCUT2D eigenvalue weighted by atomic mass is 10.2. The maximum Gasteiger partial charge on any atom is 0.335 e. The molecule has 0 aliphatic carbocycles.